The van der Waals surface area contributed by atoms with Gasteiger partial charge in [0, 0.05) is 18.2 Å². The minimum atomic E-state index is -1.61. The van der Waals surface area contributed by atoms with Crippen LogP contribution in [0.5, 0.6) is 0 Å². The Bertz CT molecular complexity index is 428. The molecule has 5 heteroatoms. The first-order valence-corrected chi connectivity index (χ1v) is 6.96. The van der Waals surface area contributed by atoms with E-state index in [-0.39, 0.29) is 11.3 Å². The Kier molecular flexibility index (Phi) is 4.96. The third kappa shape index (κ3) is 3.78. The number of hydrogen-bond donors (Lipinski definition) is 2. The molecule has 1 aromatic rings. The summed E-state index contributed by atoms with van der Waals surface area (Å²) in [5, 5.41) is 18.0. The van der Waals surface area contributed by atoms with E-state index in [9.17, 15) is 4.39 Å². The van der Waals surface area contributed by atoms with Crippen LogP contribution in [-0.4, -0.2) is 34.7 Å². The van der Waals surface area contributed by atoms with Gasteiger partial charge in [0.05, 0.1) is 0 Å². The van der Waals surface area contributed by atoms with Crippen molar-refractivity contribution in [2.75, 3.05) is 6.54 Å². The van der Waals surface area contributed by atoms with Gasteiger partial charge < -0.3 is 10.0 Å². The molecule has 1 aromatic carbocycles. The summed E-state index contributed by atoms with van der Waals surface area (Å²) in [7, 11) is -1.61. The van der Waals surface area contributed by atoms with Gasteiger partial charge in [-0.25, -0.2) is 4.39 Å². The van der Waals surface area contributed by atoms with Crippen molar-refractivity contribution in [3.8, 4) is 0 Å². The Morgan fingerprint density at radius 1 is 1.32 bits per heavy atom. The van der Waals surface area contributed by atoms with E-state index < -0.39 is 7.12 Å². The van der Waals surface area contributed by atoms with Gasteiger partial charge in [0.25, 0.3) is 0 Å². The number of rotatable bonds is 3. The normalized spacial score (nSPS) is 21.2. The lowest BCUT2D eigenvalue weighted by atomic mass is 9.80. The summed E-state index contributed by atoms with van der Waals surface area (Å²) >= 11 is 0. The largest absolute Gasteiger partial charge is 0.488 e. The quantitative estimate of drug-likeness (QED) is 0.809. The van der Waals surface area contributed by atoms with Crippen LogP contribution in [-0.2, 0) is 6.54 Å². The molecule has 0 spiro atoms. The molecule has 3 nitrogen and oxygen atoms in total. The fraction of sp³-hybridized carbons (Fsp3) is 0.571. The number of nitrogens with zero attached hydrogens (tertiary/aromatic N) is 1. The fourth-order valence-corrected chi connectivity index (χ4v) is 2.64. The molecule has 0 saturated carbocycles. The second kappa shape index (κ2) is 6.50. The molecule has 1 aliphatic heterocycles. The van der Waals surface area contributed by atoms with Gasteiger partial charge in [-0.2, -0.15) is 0 Å². The molecule has 1 unspecified atom stereocenters. The molecule has 1 fully saturated rings. The Morgan fingerprint density at radius 3 is 2.79 bits per heavy atom. The number of likely N-dealkylation sites (tertiary alicyclic amines) is 1. The van der Waals surface area contributed by atoms with Gasteiger partial charge in [0.1, 0.15) is 5.82 Å². The molecule has 0 amide bonds. The highest BCUT2D eigenvalue weighted by molar-refractivity contribution is 6.58. The summed E-state index contributed by atoms with van der Waals surface area (Å²) in [6, 6.07) is 4.92. The van der Waals surface area contributed by atoms with Gasteiger partial charge >= 0.3 is 7.12 Å². The fourth-order valence-electron chi connectivity index (χ4n) is 2.64. The number of benzene rings is 1. The molecule has 0 radical (unpaired) electrons. The zero-order valence-electron chi connectivity index (χ0n) is 11.3. The van der Waals surface area contributed by atoms with Crippen molar-refractivity contribution < 1.29 is 14.4 Å². The average molecular weight is 265 g/mol. The van der Waals surface area contributed by atoms with Crippen LogP contribution in [0.4, 0.5) is 4.39 Å². The minimum absolute atomic E-state index is 0.199. The molecule has 0 aliphatic carbocycles. The first-order valence-electron chi connectivity index (χ1n) is 6.96. The number of halogens is 1. The molecular weight excluding hydrogens is 244 g/mol. The van der Waals surface area contributed by atoms with E-state index in [2.05, 4.69) is 11.8 Å². The topological polar surface area (TPSA) is 43.7 Å². The van der Waals surface area contributed by atoms with Crippen LogP contribution in [0.3, 0.4) is 0 Å². The molecule has 1 aliphatic rings. The van der Waals surface area contributed by atoms with E-state index in [0.29, 0.717) is 18.2 Å². The lowest BCUT2D eigenvalue weighted by Crippen LogP contribution is -2.33. The van der Waals surface area contributed by atoms with Crippen molar-refractivity contribution in [3.05, 3.63) is 29.6 Å². The van der Waals surface area contributed by atoms with Crippen molar-refractivity contribution in [2.45, 2.75) is 45.2 Å². The van der Waals surface area contributed by atoms with E-state index in [1.165, 1.54) is 25.3 Å². The van der Waals surface area contributed by atoms with Crippen molar-refractivity contribution in [1.29, 1.82) is 0 Å². The zero-order valence-corrected chi connectivity index (χ0v) is 11.3. The Balaban J connectivity index is 2.09. The van der Waals surface area contributed by atoms with Crippen LogP contribution in [0.15, 0.2) is 18.2 Å². The van der Waals surface area contributed by atoms with Crippen molar-refractivity contribution in [3.63, 3.8) is 0 Å². The highest BCUT2D eigenvalue weighted by Gasteiger charge is 2.19. The average Bonchev–Trinajstić information content (AvgIpc) is 2.57. The second-order valence-corrected chi connectivity index (χ2v) is 5.39. The Hall–Kier alpha value is -0.905. The van der Waals surface area contributed by atoms with Crippen LogP contribution >= 0.6 is 0 Å². The van der Waals surface area contributed by atoms with Gasteiger partial charge in [-0.3, -0.25) is 4.90 Å². The zero-order chi connectivity index (χ0) is 13.8. The Labute approximate surface area is 114 Å². The maximum Gasteiger partial charge on any atom is 0.488 e. The van der Waals surface area contributed by atoms with Gasteiger partial charge in [0.2, 0.25) is 0 Å². The minimum Gasteiger partial charge on any atom is -0.423 e. The summed E-state index contributed by atoms with van der Waals surface area (Å²) in [6.45, 7) is 3.79. The van der Waals surface area contributed by atoms with Crippen molar-refractivity contribution in [2.24, 2.45) is 0 Å². The predicted octanol–water partition coefficient (Wildman–Crippen LogP) is 1.27. The number of hydrogen-bond acceptors (Lipinski definition) is 3. The van der Waals surface area contributed by atoms with Crippen LogP contribution in [0.2, 0.25) is 0 Å². The molecule has 2 N–H and O–H groups in total. The van der Waals surface area contributed by atoms with Gasteiger partial charge in [0.15, 0.2) is 0 Å². The smallest absolute Gasteiger partial charge is 0.423 e. The molecule has 19 heavy (non-hydrogen) atoms. The molecule has 2 rings (SSSR count). The van der Waals surface area contributed by atoms with E-state index >= 15 is 0 Å². The standard InChI is InChI=1S/C14H21BFNO2/c1-11-5-3-2-4-8-17(11)10-12-6-7-13(15(18)19)9-14(12)16/h6-7,9,11,18-19H,2-5,8,10H2,1H3. The maximum absolute atomic E-state index is 13.9. The summed E-state index contributed by atoms with van der Waals surface area (Å²) < 4.78 is 13.9. The summed E-state index contributed by atoms with van der Waals surface area (Å²) in [4.78, 5) is 2.31. The molecule has 0 bridgehead atoms. The van der Waals surface area contributed by atoms with E-state index in [1.54, 1.807) is 12.1 Å². The molecule has 1 atom stereocenters. The van der Waals surface area contributed by atoms with E-state index in [0.717, 1.165) is 13.0 Å². The van der Waals surface area contributed by atoms with Crippen LogP contribution in [0.1, 0.15) is 38.2 Å². The Morgan fingerprint density at radius 2 is 2.11 bits per heavy atom. The highest BCUT2D eigenvalue weighted by atomic mass is 19.1. The highest BCUT2D eigenvalue weighted by Crippen LogP contribution is 2.19. The monoisotopic (exact) mass is 265 g/mol. The van der Waals surface area contributed by atoms with E-state index in [4.69, 9.17) is 10.0 Å². The molecule has 1 heterocycles. The summed E-state index contributed by atoms with van der Waals surface area (Å²) in [6.07, 6.45) is 4.82. The van der Waals surface area contributed by atoms with Crippen LogP contribution in [0, 0.1) is 5.82 Å². The predicted molar refractivity (Wildman–Crippen MR) is 74.6 cm³/mol. The lowest BCUT2D eigenvalue weighted by molar-refractivity contribution is 0.202. The molecular formula is C14H21BFNO2. The summed E-state index contributed by atoms with van der Waals surface area (Å²) in [5.41, 5.74) is 0.823. The van der Waals surface area contributed by atoms with Crippen molar-refractivity contribution in [1.82, 2.24) is 4.90 Å². The first kappa shape index (κ1) is 14.5. The van der Waals surface area contributed by atoms with E-state index in [1.807, 2.05) is 0 Å². The van der Waals surface area contributed by atoms with Crippen molar-refractivity contribution >= 4 is 12.6 Å². The molecule has 1 saturated heterocycles. The van der Waals surface area contributed by atoms with Gasteiger partial charge in [-0.1, -0.05) is 25.0 Å². The van der Waals surface area contributed by atoms with Crippen LogP contribution < -0.4 is 5.46 Å². The molecule has 104 valence electrons. The summed E-state index contributed by atoms with van der Waals surface area (Å²) in [5.74, 6) is -0.359. The molecule has 0 aromatic heterocycles. The lowest BCUT2D eigenvalue weighted by Gasteiger charge is -2.27. The van der Waals surface area contributed by atoms with Gasteiger partial charge in [-0.05, 0) is 37.8 Å². The first-order chi connectivity index (χ1) is 9.08. The second-order valence-electron chi connectivity index (χ2n) is 5.39. The third-order valence-electron chi connectivity index (χ3n) is 3.94. The van der Waals surface area contributed by atoms with Crippen LogP contribution in [0.25, 0.3) is 0 Å². The maximum atomic E-state index is 13.9. The SMILES string of the molecule is CC1CCCCCN1Cc1ccc(B(O)O)cc1F. The third-order valence-corrected chi connectivity index (χ3v) is 3.94. The van der Waals surface area contributed by atoms with Gasteiger partial charge in [-0.15, -0.1) is 0 Å².